The SMILES string of the molecule is CCc1ccccc1Nc1cnnc(Nc2ccc(F)cc2)n1. The second kappa shape index (κ2) is 6.83. The molecule has 0 bridgehead atoms. The van der Waals surface area contributed by atoms with Crippen molar-refractivity contribution >= 4 is 23.1 Å². The Kier molecular flexibility index (Phi) is 4.42. The summed E-state index contributed by atoms with van der Waals surface area (Å²) in [6, 6.07) is 14.0. The van der Waals surface area contributed by atoms with E-state index in [4.69, 9.17) is 0 Å². The van der Waals surface area contributed by atoms with Crippen molar-refractivity contribution in [2.45, 2.75) is 13.3 Å². The lowest BCUT2D eigenvalue weighted by atomic mass is 10.1. The molecule has 5 nitrogen and oxygen atoms in total. The van der Waals surface area contributed by atoms with Gasteiger partial charge in [-0.1, -0.05) is 25.1 Å². The zero-order chi connectivity index (χ0) is 16.1. The predicted molar refractivity (Wildman–Crippen MR) is 88.6 cm³/mol. The monoisotopic (exact) mass is 309 g/mol. The fourth-order valence-electron chi connectivity index (χ4n) is 2.17. The third-order valence-corrected chi connectivity index (χ3v) is 3.32. The summed E-state index contributed by atoms with van der Waals surface area (Å²) in [5.74, 6) is 0.641. The van der Waals surface area contributed by atoms with Crippen molar-refractivity contribution in [2.24, 2.45) is 0 Å². The lowest BCUT2D eigenvalue weighted by Gasteiger charge is -2.10. The second-order valence-electron chi connectivity index (χ2n) is 4.93. The molecule has 1 heterocycles. The molecule has 0 unspecified atom stereocenters. The van der Waals surface area contributed by atoms with Crippen LogP contribution in [0.5, 0.6) is 0 Å². The van der Waals surface area contributed by atoms with E-state index >= 15 is 0 Å². The number of aromatic nitrogens is 3. The van der Waals surface area contributed by atoms with Gasteiger partial charge in [-0.2, -0.15) is 10.1 Å². The summed E-state index contributed by atoms with van der Waals surface area (Å²) in [5.41, 5.74) is 2.88. The summed E-state index contributed by atoms with van der Waals surface area (Å²) in [5, 5.41) is 14.1. The Morgan fingerprint density at radius 1 is 1.00 bits per heavy atom. The highest BCUT2D eigenvalue weighted by Crippen LogP contribution is 2.20. The average Bonchev–Trinajstić information content (AvgIpc) is 2.58. The van der Waals surface area contributed by atoms with Gasteiger partial charge in [0.25, 0.3) is 0 Å². The highest BCUT2D eigenvalue weighted by Gasteiger charge is 2.04. The van der Waals surface area contributed by atoms with E-state index in [0.29, 0.717) is 17.5 Å². The molecule has 23 heavy (non-hydrogen) atoms. The van der Waals surface area contributed by atoms with E-state index in [0.717, 1.165) is 12.1 Å². The van der Waals surface area contributed by atoms with Gasteiger partial charge in [0.1, 0.15) is 5.82 Å². The molecule has 0 fully saturated rings. The van der Waals surface area contributed by atoms with Crippen LogP contribution in [0.3, 0.4) is 0 Å². The van der Waals surface area contributed by atoms with Gasteiger partial charge in [0.2, 0.25) is 5.95 Å². The zero-order valence-corrected chi connectivity index (χ0v) is 12.6. The summed E-state index contributed by atoms with van der Waals surface area (Å²) in [4.78, 5) is 4.37. The maximum Gasteiger partial charge on any atom is 0.249 e. The molecule has 0 aliphatic carbocycles. The van der Waals surface area contributed by atoms with Crippen LogP contribution >= 0.6 is 0 Å². The highest BCUT2D eigenvalue weighted by molar-refractivity contribution is 5.61. The molecule has 0 radical (unpaired) electrons. The molecule has 0 saturated heterocycles. The number of nitrogens with zero attached hydrogens (tertiary/aromatic N) is 3. The number of hydrogen-bond donors (Lipinski definition) is 2. The van der Waals surface area contributed by atoms with Crippen molar-refractivity contribution in [1.29, 1.82) is 0 Å². The first-order valence-electron chi connectivity index (χ1n) is 7.32. The van der Waals surface area contributed by atoms with Crippen LogP contribution in [0.2, 0.25) is 0 Å². The van der Waals surface area contributed by atoms with Crippen molar-refractivity contribution in [3.8, 4) is 0 Å². The number of benzene rings is 2. The summed E-state index contributed by atoms with van der Waals surface area (Å²) in [6.45, 7) is 2.10. The van der Waals surface area contributed by atoms with Gasteiger partial charge < -0.3 is 10.6 Å². The maximum absolute atomic E-state index is 12.9. The summed E-state index contributed by atoms with van der Waals surface area (Å²) in [7, 11) is 0. The van der Waals surface area contributed by atoms with Gasteiger partial charge in [-0.05, 0) is 42.3 Å². The van der Waals surface area contributed by atoms with Crippen LogP contribution in [0.4, 0.5) is 27.5 Å². The van der Waals surface area contributed by atoms with E-state index in [1.807, 2.05) is 18.2 Å². The Hall–Kier alpha value is -3.02. The van der Waals surface area contributed by atoms with Crippen LogP contribution in [0.15, 0.2) is 54.7 Å². The minimum absolute atomic E-state index is 0.291. The minimum atomic E-state index is -0.291. The van der Waals surface area contributed by atoms with Gasteiger partial charge in [0.15, 0.2) is 5.82 Å². The van der Waals surface area contributed by atoms with Crippen LogP contribution in [0.1, 0.15) is 12.5 Å². The number of hydrogen-bond acceptors (Lipinski definition) is 5. The van der Waals surface area contributed by atoms with E-state index in [1.54, 1.807) is 18.3 Å². The molecule has 6 heteroatoms. The van der Waals surface area contributed by atoms with Crippen LogP contribution in [-0.2, 0) is 6.42 Å². The van der Waals surface area contributed by atoms with Crippen molar-refractivity contribution in [3.63, 3.8) is 0 Å². The molecule has 116 valence electrons. The normalized spacial score (nSPS) is 10.3. The topological polar surface area (TPSA) is 62.7 Å². The van der Waals surface area contributed by atoms with Gasteiger partial charge in [-0.25, -0.2) is 4.39 Å². The molecule has 2 aromatic carbocycles. The van der Waals surface area contributed by atoms with Crippen molar-refractivity contribution in [2.75, 3.05) is 10.6 Å². The van der Waals surface area contributed by atoms with Crippen molar-refractivity contribution in [1.82, 2.24) is 15.2 Å². The van der Waals surface area contributed by atoms with Gasteiger partial charge >= 0.3 is 0 Å². The Balaban J connectivity index is 1.78. The van der Waals surface area contributed by atoms with Gasteiger partial charge in [0.05, 0.1) is 6.20 Å². The zero-order valence-electron chi connectivity index (χ0n) is 12.6. The third kappa shape index (κ3) is 3.79. The Morgan fingerprint density at radius 2 is 1.78 bits per heavy atom. The maximum atomic E-state index is 12.9. The number of anilines is 4. The number of nitrogens with one attached hydrogen (secondary N) is 2. The molecular weight excluding hydrogens is 293 g/mol. The van der Waals surface area contributed by atoms with Crippen LogP contribution < -0.4 is 10.6 Å². The average molecular weight is 309 g/mol. The quantitative estimate of drug-likeness (QED) is 0.744. The van der Waals surface area contributed by atoms with Crippen LogP contribution in [0, 0.1) is 5.82 Å². The van der Waals surface area contributed by atoms with E-state index < -0.39 is 0 Å². The van der Waals surface area contributed by atoms with Crippen molar-refractivity contribution < 1.29 is 4.39 Å². The third-order valence-electron chi connectivity index (χ3n) is 3.32. The lowest BCUT2D eigenvalue weighted by molar-refractivity contribution is 0.628. The Bertz CT molecular complexity index is 789. The van der Waals surface area contributed by atoms with Gasteiger partial charge in [-0.3, -0.25) is 0 Å². The molecule has 0 spiro atoms. The Labute approximate surface area is 133 Å². The smallest absolute Gasteiger partial charge is 0.249 e. The summed E-state index contributed by atoms with van der Waals surface area (Å²) in [6.07, 6.45) is 2.48. The first kappa shape index (κ1) is 14.9. The molecule has 1 aromatic heterocycles. The fourth-order valence-corrected chi connectivity index (χ4v) is 2.17. The molecule has 0 aliphatic heterocycles. The second-order valence-corrected chi connectivity index (χ2v) is 4.93. The van der Waals surface area contributed by atoms with Crippen LogP contribution in [0.25, 0.3) is 0 Å². The fraction of sp³-hybridized carbons (Fsp3) is 0.118. The molecule has 3 aromatic rings. The molecular formula is C17H16FN5. The van der Waals surface area contributed by atoms with E-state index in [2.05, 4.69) is 38.8 Å². The lowest BCUT2D eigenvalue weighted by Crippen LogP contribution is -2.03. The summed E-state index contributed by atoms with van der Waals surface area (Å²) >= 11 is 0. The summed E-state index contributed by atoms with van der Waals surface area (Å²) < 4.78 is 12.9. The van der Waals surface area contributed by atoms with E-state index in [1.165, 1.54) is 17.7 Å². The minimum Gasteiger partial charge on any atom is -0.339 e. The van der Waals surface area contributed by atoms with E-state index in [-0.39, 0.29) is 5.82 Å². The Morgan fingerprint density at radius 3 is 2.57 bits per heavy atom. The molecule has 0 saturated carbocycles. The van der Waals surface area contributed by atoms with Gasteiger partial charge in [-0.15, -0.1) is 5.10 Å². The standard InChI is InChI=1S/C17H16FN5/c1-2-12-5-3-4-6-15(12)21-16-11-19-23-17(22-16)20-14-9-7-13(18)8-10-14/h3-11H,2H2,1H3,(H2,20,21,22,23). The van der Waals surface area contributed by atoms with Gasteiger partial charge in [0, 0.05) is 11.4 Å². The number of rotatable bonds is 5. The largest absolute Gasteiger partial charge is 0.339 e. The first-order valence-corrected chi connectivity index (χ1v) is 7.32. The van der Waals surface area contributed by atoms with E-state index in [9.17, 15) is 4.39 Å². The highest BCUT2D eigenvalue weighted by atomic mass is 19.1. The van der Waals surface area contributed by atoms with Crippen LogP contribution in [-0.4, -0.2) is 15.2 Å². The predicted octanol–water partition coefficient (Wildman–Crippen LogP) is 4.06. The molecule has 0 amide bonds. The molecule has 0 atom stereocenters. The number of para-hydroxylation sites is 1. The molecule has 3 rings (SSSR count). The number of aryl methyl sites for hydroxylation is 1. The van der Waals surface area contributed by atoms with Crippen molar-refractivity contribution in [3.05, 3.63) is 66.1 Å². The first-order chi connectivity index (χ1) is 11.2. The molecule has 0 aliphatic rings. The number of halogens is 1. The molecule has 2 N–H and O–H groups in total.